The quantitative estimate of drug-likeness (QED) is 0.777. The second-order valence-corrected chi connectivity index (χ2v) is 6.14. The molecule has 2 aliphatic rings. The maximum Gasteiger partial charge on any atom is 0.236 e. The number of thioether (sulfide) groups is 1. The molecule has 2 rings (SSSR count). The van der Waals surface area contributed by atoms with Crippen LogP contribution in [0, 0.1) is 5.92 Å². The monoisotopic (exact) mass is 228 g/mol. The summed E-state index contributed by atoms with van der Waals surface area (Å²) in [6.07, 6.45) is 2.69. The Bertz CT molecular complexity index is 231. The predicted octanol–water partition coefficient (Wildman–Crippen LogP) is 0.950. The van der Waals surface area contributed by atoms with Crippen LogP contribution in [0.2, 0.25) is 0 Å². The van der Waals surface area contributed by atoms with Gasteiger partial charge in [-0.25, -0.2) is 0 Å². The highest BCUT2D eigenvalue weighted by Gasteiger charge is 2.23. The van der Waals surface area contributed by atoms with E-state index in [0.717, 1.165) is 31.3 Å². The second-order valence-electron chi connectivity index (χ2n) is 4.60. The minimum atomic E-state index is 0.280. The minimum Gasteiger partial charge on any atom is -0.340 e. The lowest BCUT2D eigenvalue weighted by Gasteiger charge is -2.30. The SMILES string of the molecule is CC1CN(C(=O)CNCC2CC2)CCS1. The molecule has 0 aromatic rings. The summed E-state index contributed by atoms with van der Waals surface area (Å²) >= 11 is 1.96. The number of carbonyl (C=O) groups is 1. The van der Waals surface area contributed by atoms with Gasteiger partial charge in [-0.3, -0.25) is 4.79 Å². The lowest BCUT2D eigenvalue weighted by molar-refractivity contribution is -0.130. The smallest absolute Gasteiger partial charge is 0.236 e. The lowest BCUT2D eigenvalue weighted by atomic mass is 10.3. The number of rotatable bonds is 4. The van der Waals surface area contributed by atoms with E-state index in [0.29, 0.717) is 11.8 Å². The molecule has 0 spiro atoms. The zero-order chi connectivity index (χ0) is 10.7. The van der Waals surface area contributed by atoms with Crippen LogP contribution in [0.5, 0.6) is 0 Å². The molecule has 0 aromatic heterocycles. The Morgan fingerprint density at radius 1 is 1.53 bits per heavy atom. The lowest BCUT2D eigenvalue weighted by Crippen LogP contribution is -2.45. The molecule has 1 atom stereocenters. The Hall–Kier alpha value is -0.220. The van der Waals surface area contributed by atoms with Crippen LogP contribution in [-0.2, 0) is 4.79 Å². The Morgan fingerprint density at radius 2 is 2.33 bits per heavy atom. The Morgan fingerprint density at radius 3 is 3.00 bits per heavy atom. The highest BCUT2D eigenvalue weighted by atomic mass is 32.2. The fourth-order valence-electron chi connectivity index (χ4n) is 1.86. The second kappa shape index (κ2) is 5.21. The van der Waals surface area contributed by atoms with Gasteiger partial charge in [0.1, 0.15) is 0 Å². The molecular weight excluding hydrogens is 208 g/mol. The molecule has 1 amide bonds. The van der Waals surface area contributed by atoms with Gasteiger partial charge in [-0.1, -0.05) is 6.92 Å². The molecule has 3 nitrogen and oxygen atoms in total. The Balaban J connectivity index is 1.64. The van der Waals surface area contributed by atoms with Gasteiger partial charge in [0.05, 0.1) is 6.54 Å². The summed E-state index contributed by atoms with van der Waals surface area (Å²) in [6.45, 7) is 5.62. The van der Waals surface area contributed by atoms with Gasteiger partial charge in [0.15, 0.2) is 0 Å². The number of hydrogen-bond acceptors (Lipinski definition) is 3. The van der Waals surface area contributed by atoms with Crippen LogP contribution in [0.3, 0.4) is 0 Å². The van der Waals surface area contributed by atoms with Crippen molar-refractivity contribution in [3.05, 3.63) is 0 Å². The van der Waals surface area contributed by atoms with Gasteiger partial charge < -0.3 is 10.2 Å². The highest BCUT2D eigenvalue weighted by Crippen LogP contribution is 2.27. The van der Waals surface area contributed by atoms with E-state index in [1.165, 1.54) is 12.8 Å². The van der Waals surface area contributed by atoms with Crippen molar-refractivity contribution in [1.29, 1.82) is 0 Å². The van der Waals surface area contributed by atoms with E-state index in [2.05, 4.69) is 12.2 Å². The van der Waals surface area contributed by atoms with E-state index in [1.54, 1.807) is 0 Å². The van der Waals surface area contributed by atoms with Crippen molar-refractivity contribution < 1.29 is 4.79 Å². The van der Waals surface area contributed by atoms with Crippen LogP contribution in [-0.4, -0.2) is 48.0 Å². The molecule has 1 aliphatic carbocycles. The molecule has 1 saturated heterocycles. The van der Waals surface area contributed by atoms with E-state index < -0.39 is 0 Å². The molecule has 0 radical (unpaired) electrons. The van der Waals surface area contributed by atoms with Crippen LogP contribution in [0.15, 0.2) is 0 Å². The fourth-order valence-corrected chi connectivity index (χ4v) is 2.88. The van der Waals surface area contributed by atoms with Crippen LogP contribution in [0.4, 0.5) is 0 Å². The topological polar surface area (TPSA) is 32.3 Å². The van der Waals surface area contributed by atoms with E-state index in [-0.39, 0.29) is 5.91 Å². The number of carbonyl (C=O) groups excluding carboxylic acids is 1. The molecule has 2 fully saturated rings. The predicted molar refractivity (Wildman–Crippen MR) is 64.1 cm³/mol. The van der Waals surface area contributed by atoms with Gasteiger partial charge in [-0.05, 0) is 25.3 Å². The van der Waals surface area contributed by atoms with Gasteiger partial charge in [0.25, 0.3) is 0 Å². The van der Waals surface area contributed by atoms with E-state index in [1.807, 2.05) is 16.7 Å². The zero-order valence-electron chi connectivity index (χ0n) is 9.37. The third kappa shape index (κ3) is 3.68. The van der Waals surface area contributed by atoms with Crippen LogP contribution in [0.1, 0.15) is 19.8 Å². The van der Waals surface area contributed by atoms with Gasteiger partial charge in [0, 0.05) is 24.1 Å². The summed E-state index contributed by atoms with van der Waals surface area (Å²) in [5.74, 6) is 2.23. The summed E-state index contributed by atoms with van der Waals surface area (Å²) in [7, 11) is 0. The first-order chi connectivity index (χ1) is 7.25. The average Bonchev–Trinajstić information content (AvgIpc) is 3.01. The number of nitrogens with one attached hydrogen (secondary N) is 1. The Kier molecular flexibility index (Phi) is 3.92. The van der Waals surface area contributed by atoms with Crippen molar-refractivity contribution in [3.63, 3.8) is 0 Å². The molecule has 15 heavy (non-hydrogen) atoms. The fraction of sp³-hybridized carbons (Fsp3) is 0.909. The first-order valence-corrected chi connectivity index (χ1v) is 6.90. The van der Waals surface area contributed by atoms with E-state index in [9.17, 15) is 4.79 Å². The largest absolute Gasteiger partial charge is 0.340 e. The summed E-state index contributed by atoms with van der Waals surface area (Å²) in [4.78, 5) is 13.8. The standard InChI is InChI=1S/C11H20N2OS/c1-9-8-13(4-5-15-9)11(14)7-12-6-10-2-3-10/h9-10,12H,2-8H2,1H3. The number of nitrogens with zero attached hydrogens (tertiary/aromatic N) is 1. The number of hydrogen-bond donors (Lipinski definition) is 1. The molecule has 1 unspecified atom stereocenters. The number of amides is 1. The molecular formula is C11H20N2OS. The van der Waals surface area contributed by atoms with Crippen molar-refractivity contribution in [2.75, 3.05) is 31.9 Å². The molecule has 1 N–H and O–H groups in total. The third-order valence-corrected chi connectivity index (χ3v) is 4.14. The van der Waals surface area contributed by atoms with Crippen molar-refractivity contribution >= 4 is 17.7 Å². The zero-order valence-corrected chi connectivity index (χ0v) is 10.2. The van der Waals surface area contributed by atoms with Crippen molar-refractivity contribution in [2.45, 2.75) is 25.0 Å². The molecule has 0 bridgehead atoms. The van der Waals surface area contributed by atoms with E-state index in [4.69, 9.17) is 0 Å². The summed E-state index contributed by atoms with van der Waals surface area (Å²) in [5.41, 5.74) is 0. The first-order valence-electron chi connectivity index (χ1n) is 5.86. The van der Waals surface area contributed by atoms with Crippen LogP contribution in [0.25, 0.3) is 0 Å². The summed E-state index contributed by atoms with van der Waals surface area (Å²) in [6, 6.07) is 0. The van der Waals surface area contributed by atoms with E-state index >= 15 is 0 Å². The summed E-state index contributed by atoms with van der Waals surface area (Å²) < 4.78 is 0. The normalized spacial score (nSPS) is 26.7. The molecule has 86 valence electrons. The van der Waals surface area contributed by atoms with Gasteiger partial charge in [0.2, 0.25) is 5.91 Å². The minimum absolute atomic E-state index is 0.280. The maximum atomic E-state index is 11.8. The van der Waals surface area contributed by atoms with Crippen molar-refractivity contribution in [2.24, 2.45) is 5.92 Å². The molecule has 4 heteroatoms. The third-order valence-electron chi connectivity index (χ3n) is 3.00. The molecule has 1 heterocycles. The highest BCUT2D eigenvalue weighted by molar-refractivity contribution is 7.99. The van der Waals surface area contributed by atoms with Gasteiger partial charge in [-0.2, -0.15) is 11.8 Å². The molecule has 1 saturated carbocycles. The summed E-state index contributed by atoms with van der Waals surface area (Å²) in [5, 5.41) is 3.86. The molecule has 0 aromatic carbocycles. The average molecular weight is 228 g/mol. The van der Waals surface area contributed by atoms with Crippen LogP contribution >= 0.6 is 11.8 Å². The first kappa shape index (κ1) is 11.3. The van der Waals surface area contributed by atoms with Crippen LogP contribution < -0.4 is 5.32 Å². The van der Waals surface area contributed by atoms with Gasteiger partial charge >= 0.3 is 0 Å². The van der Waals surface area contributed by atoms with Gasteiger partial charge in [-0.15, -0.1) is 0 Å². The van der Waals surface area contributed by atoms with Crippen molar-refractivity contribution in [3.8, 4) is 0 Å². The van der Waals surface area contributed by atoms with Crippen molar-refractivity contribution in [1.82, 2.24) is 10.2 Å². The Labute approximate surface area is 96.0 Å². The maximum absolute atomic E-state index is 11.8. The molecule has 1 aliphatic heterocycles.